The number of amides is 1. The van der Waals surface area contributed by atoms with Gasteiger partial charge in [-0.05, 0) is 46.9 Å². The molecule has 1 aromatic rings. The van der Waals surface area contributed by atoms with Crippen molar-refractivity contribution >= 4 is 5.91 Å². The lowest BCUT2D eigenvalue weighted by Crippen LogP contribution is -2.34. The molecule has 0 saturated heterocycles. The molecule has 1 aliphatic carbocycles. The van der Waals surface area contributed by atoms with Gasteiger partial charge in [-0.1, -0.05) is 27.7 Å². The Bertz CT molecular complexity index is 608. The number of methoxy groups -OCH3 is 1. The van der Waals surface area contributed by atoms with Crippen LogP contribution in [0.1, 0.15) is 62.0 Å². The molecule has 0 spiro atoms. The van der Waals surface area contributed by atoms with Gasteiger partial charge in [-0.25, -0.2) is 0 Å². The number of carbonyl (C=O) groups excluding carboxylic acids is 1. The zero-order valence-electron chi connectivity index (χ0n) is 15.4. The van der Waals surface area contributed by atoms with Crippen molar-refractivity contribution in [3.63, 3.8) is 0 Å². The molecule has 5 nitrogen and oxygen atoms in total. The van der Waals surface area contributed by atoms with E-state index in [2.05, 4.69) is 27.7 Å². The minimum atomic E-state index is -0.483. The SMILES string of the molecule is COCCOCOc1cc2c(cc1C(N)=O)C(C)(C)CCC2(C)C. The third kappa shape index (κ3) is 3.90. The van der Waals surface area contributed by atoms with Crippen LogP contribution in [0, 0.1) is 0 Å². The number of hydrogen-bond acceptors (Lipinski definition) is 4. The van der Waals surface area contributed by atoms with Crippen LogP contribution in [0.15, 0.2) is 12.1 Å². The maximum absolute atomic E-state index is 11.9. The Morgan fingerprint density at radius 2 is 1.67 bits per heavy atom. The van der Waals surface area contributed by atoms with Gasteiger partial charge in [0, 0.05) is 7.11 Å². The van der Waals surface area contributed by atoms with Crippen LogP contribution in [0.5, 0.6) is 5.75 Å². The van der Waals surface area contributed by atoms with E-state index in [1.165, 1.54) is 11.1 Å². The molecule has 1 amide bonds. The van der Waals surface area contributed by atoms with E-state index in [9.17, 15) is 4.79 Å². The van der Waals surface area contributed by atoms with Crippen molar-refractivity contribution in [2.75, 3.05) is 27.1 Å². The number of rotatable bonds is 7. The Kier molecular flexibility index (Phi) is 5.56. The molecule has 0 aromatic heterocycles. The van der Waals surface area contributed by atoms with Crippen LogP contribution in [-0.4, -0.2) is 33.0 Å². The summed E-state index contributed by atoms with van der Waals surface area (Å²) in [6.07, 6.45) is 2.16. The summed E-state index contributed by atoms with van der Waals surface area (Å²) in [5, 5.41) is 0. The number of hydrogen-bond donors (Lipinski definition) is 1. The Hall–Kier alpha value is -1.59. The number of ether oxygens (including phenoxy) is 3. The van der Waals surface area contributed by atoms with Crippen LogP contribution in [0.25, 0.3) is 0 Å². The summed E-state index contributed by atoms with van der Waals surface area (Å²) < 4.78 is 16.0. The summed E-state index contributed by atoms with van der Waals surface area (Å²) in [4.78, 5) is 11.9. The Labute approximate surface area is 144 Å². The van der Waals surface area contributed by atoms with Crippen LogP contribution in [0.2, 0.25) is 0 Å². The van der Waals surface area contributed by atoms with Crippen LogP contribution in [0.4, 0.5) is 0 Å². The van der Waals surface area contributed by atoms with E-state index in [4.69, 9.17) is 19.9 Å². The summed E-state index contributed by atoms with van der Waals surface area (Å²) in [6, 6.07) is 3.87. The molecule has 5 heteroatoms. The van der Waals surface area contributed by atoms with Crippen LogP contribution in [-0.2, 0) is 20.3 Å². The second kappa shape index (κ2) is 7.11. The summed E-state index contributed by atoms with van der Waals surface area (Å²) in [5.74, 6) is 0.00770. The van der Waals surface area contributed by atoms with E-state index in [1.807, 2.05) is 12.1 Å². The molecule has 0 unspecified atom stereocenters. The van der Waals surface area contributed by atoms with Gasteiger partial charge in [0.15, 0.2) is 6.79 Å². The van der Waals surface area contributed by atoms with Gasteiger partial charge in [-0.3, -0.25) is 4.79 Å². The fourth-order valence-electron chi connectivity index (χ4n) is 3.21. The average Bonchev–Trinajstić information content (AvgIpc) is 2.51. The Morgan fingerprint density at radius 3 is 2.21 bits per heavy atom. The first-order chi connectivity index (χ1) is 11.2. The molecule has 0 saturated carbocycles. The minimum absolute atomic E-state index is 0.0164. The maximum Gasteiger partial charge on any atom is 0.252 e. The number of primary amides is 1. The second-order valence-corrected chi connectivity index (χ2v) is 7.69. The van der Waals surface area contributed by atoms with E-state index in [0.717, 1.165) is 12.8 Å². The fraction of sp³-hybridized carbons (Fsp3) is 0.632. The van der Waals surface area contributed by atoms with Gasteiger partial charge in [0.25, 0.3) is 5.91 Å². The topological polar surface area (TPSA) is 70.8 Å². The van der Waals surface area contributed by atoms with Crippen LogP contribution < -0.4 is 10.5 Å². The first-order valence-corrected chi connectivity index (χ1v) is 8.37. The number of benzene rings is 1. The normalized spacial score (nSPS) is 18.0. The largest absolute Gasteiger partial charge is 0.467 e. The lowest BCUT2D eigenvalue weighted by molar-refractivity contribution is -0.00883. The third-order valence-electron chi connectivity index (χ3n) is 4.95. The lowest BCUT2D eigenvalue weighted by Gasteiger charge is -2.42. The summed E-state index contributed by atoms with van der Waals surface area (Å²) in [7, 11) is 1.61. The molecular formula is C19H29NO4. The van der Waals surface area contributed by atoms with E-state index in [-0.39, 0.29) is 17.6 Å². The number of nitrogens with two attached hydrogens (primary N) is 1. The summed E-state index contributed by atoms with van der Waals surface area (Å²) in [5.41, 5.74) is 8.44. The molecule has 2 N–H and O–H groups in total. The minimum Gasteiger partial charge on any atom is -0.467 e. The molecule has 0 bridgehead atoms. The molecule has 1 aromatic carbocycles. The predicted molar refractivity (Wildman–Crippen MR) is 93.6 cm³/mol. The standard InChI is InChI=1S/C19H29NO4/c1-18(2)6-7-19(3,4)15-11-16(24-12-23-9-8-22-5)13(17(20)21)10-14(15)18/h10-11H,6-9,12H2,1-5H3,(H2,20,21). The van der Waals surface area contributed by atoms with Gasteiger partial charge in [0.05, 0.1) is 18.8 Å². The molecule has 2 rings (SSSR count). The number of carbonyl (C=O) groups is 1. The predicted octanol–water partition coefficient (Wildman–Crippen LogP) is 3.13. The molecular weight excluding hydrogens is 306 g/mol. The van der Waals surface area contributed by atoms with Gasteiger partial charge >= 0.3 is 0 Å². The Balaban J connectivity index is 2.35. The van der Waals surface area contributed by atoms with Gasteiger partial charge in [0.2, 0.25) is 0 Å². The smallest absolute Gasteiger partial charge is 0.252 e. The molecule has 1 aliphatic rings. The Morgan fingerprint density at radius 1 is 1.08 bits per heavy atom. The molecule has 0 aliphatic heterocycles. The highest BCUT2D eigenvalue weighted by molar-refractivity contribution is 5.96. The first-order valence-electron chi connectivity index (χ1n) is 8.37. The van der Waals surface area contributed by atoms with Crippen molar-refractivity contribution in [1.82, 2.24) is 0 Å². The average molecular weight is 335 g/mol. The van der Waals surface area contributed by atoms with Crippen LogP contribution in [0.3, 0.4) is 0 Å². The second-order valence-electron chi connectivity index (χ2n) is 7.69. The van der Waals surface area contributed by atoms with Crippen molar-refractivity contribution in [2.45, 2.75) is 51.4 Å². The van der Waals surface area contributed by atoms with Crippen LogP contribution >= 0.6 is 0 Å². The zero-order valence-corrected chi connectivity index (χ0v) is 15.4. The molecule has 24 heavy (non-hydrogen) atoms. The van der Waals surface area contributed by atoms with Crippen molar-refractivity contribution in [3.8, 4) is 5.75 Å². The zero-order chi connectivity index (χ0) is 18.0. The quantitative estimate of drug-likeness (QED) is 0.614. The molecule has 0 radical (unpaired) electrons. The van der Waals surface area contributed by atoms with Gasteiger partial charge < -0.3 is 19.9 Å². The maximum atomic E-state index is 11.9. The monoisotopic (exact) mass is 335 g/mol. The third-order valence-corrected chi connectivity index (χ3v) is 4.95. The van der Waals surface area contributed by atoms with Crippen molar-refractivity contribution in [2.24, 2.45) is 5.73 Å². The highest BCUT2D eigenvalue weighted by Gasteiger charge is 2.38. The van der Waals surface area contributed by atoms with E-state index < -0.39 is 5.91 Å². The summed E-state index contributed by atoms with van der Waals surface area (Å²) >= 11 is 0. The van der Waals surface area contributed by atoms with Crippen molar-refractivity contribution in [3.05, 3.63) is 28.8 Å². The highest BCUT2D eigenvalue weighted by Crippen LogP contribution is 2.47. The van der Waals surface area contributed by atoms with Crippen molar-refractivity contribution in [1.29, 1.82) is 0 Å². The fourth-order valence-corrected chi connectivity index (χ4v) is 3.21. The lowest BCUT2D eigenvalue weighted by atomic mass is 9.63. The van der Waals surface area contributed by atoms with Gasteiger partial charge in [-0.2, -0.15) is 0 Å². The van der Waals surface area contributed by atoms with E-state index in [0.29, 0.717) is 24.5 Å². The van der Waals surface area contributed by atoms with E-state index in [1.54, 1.807) is 7.11 Å². The van der Waals surface area contributed by atoms with Gasteiger partial charge in [-0.15, -0.1) is 0 Å². The van der Waals surface area contributed by atoms with Crippen molar-refractivity contribution < 1.29 is 19.0 Å². The van der Waals surface area contributed by atoms with Gasteiger partial charge in [0.1, 0.15) is 5.75 Å². The number of fused-ring (bicyclic) bond motifs is 1. The highest BCUT2D eigenvalue weighted by atomic mass is 16.7. The molecule has 0 fully saturated rings. The summed E-state index contributed by atoms with van der Waals surface area (Å²) in [6.45, 7) is 9.86. The first kappa shape index (κ1) is 18.7. The van der Waals surface area contributed by atoms with E-state index >= 15 is 0 Å². The molecule has 0 atom stereocenters. The molecule has 0 heterocycles. The molecule has 134 valence electrons.